The SMILES string of the molecule is CCCNC(=O)[C@@H]1CCCN(C(=O)c2cccc(NS(=O)(=O)c3ccc(C)c(C)c3)c2)C1. The minimum atomic E-state index is -3.78. The summed E-state index contributed by atoms with van der Waals surface area (Å²) in [5.41, 5.74) is 2.61. The van der Waals surface area contributed by atoms with Crippen molar-refractivity contribution in [3.8, 4) is 0 Å². The molecule has 1 aliphatic heterocycles. The topological polar surface area (TPSA) is 95.6 Å². The van der Waals surface area contributed by atoms with E-state index in [2.05, 4.69) is 10.0 Å². The van der Waals surface area contributed by atoms with Crippen LogP contribution in [-0.2, 0) is 14.8 Å². The lowest BCUT2D eigenvalue weighted by Gasteiger charge is -2.32. The molecule has 1 fully saturated rings. The molecule has 1 saturated heterocycles. The predicted octanol–water partition coefficient (Wildman–Crippen LogP) is 3.48. The van der Waals surface area contributed by atoms with E-state index >= 15 is 0 Å². The smallest absolute Gasteiger partial charge is 0.261 e. The summed E-state index contributed by atoms with van der Waals surface area (Å²) in [5, 5.41) is 2.91. The zero-order valence-corrected chi connectivity index (χ0v) is 19.7. The number of sulfonamides is 1. The van der Waals surface area contributed by atoms with Gasteiger partial charge in [0.1, 0.15) is 0 Å². The van der Waals surface area contributed by atoms with Gasteiger partial charge in [0.2, 0.25) is 5.91 Å². The molecule has 1 atom stereocenters. The summed E-state index contributed by atoms with van der Waals surface area (Å²) in [6.45, 7) is 7.36. The van der Waals surface area contributed by atoms with E-state index in [0.29, 0.717) is 30.9 Å². The number of carbonyl (C=O) groups excluding carboxylic acids is 2. The van der Waals surface area contributed by atoms with Gasteiger partial charge in [0.25, 0.3) is 15.9 Å². The van der Waals surface area contributed by atoms with Gasteiger partial charge in [-0.1, -0.05) is 19.1 Å². The van der Waals surface area contributed by atoms with Crippen LogP contribution in [0.1, 0.15) is 47.7 Å². The molecule has 32 heavy (non-hydrogen) atoms. The number of rotatable bonds is 7. The maximum absolute atomic E-state index is 13.1. The van der Waals surface area contributed by atoms with Crippen LogP contribution in [0.3, 0.4) is 0 Å². The quantitative estimate of drug-likeness (QED) is 0.665. The average molecular weight is 458 g/mol. The summed E-state index contributed by atoms with van der Waals surface area (Å²) in [6.07, 6.45) is 2.39. The van der Waals surface area contributed by atoms with E-state index in [1.165, 1.54) is 0 Å². The van der Waals surface area contributed by atoms with E-state index in [0.717, 1.165) is 30.4 Å². The van der Waals surface area contributed by atoms with Gasteiger partial charge in [-0.25, -0.2) is 8.42 Å². The number of benzene rings is 2. The second-order valence-corrected chi connectivity index (χ2v) is 10.00. The third-order valence-electron chi connectivity index (χ3n) is 5.78. The standard InChI is InChI=1S/C24H31N3O4S/c1-4-12-25-23(28)20-8-6-13-27(16-20)24(29)19-7-5-9-21(15-19)26-32(30,31)22-11-10-17(2)18(3)14-22/h5,7,9-11,14-15,20,26H,4,6,8,12-13,16H2,1-3H3,(H,25,28)/t20-/m1/s1. The fourth-order valence-electron chi connectivity index (χ4n) is 3.76. The van der Waals surface area contributed by atoms with Gasteiger partial charge in [0.05, 0.1) is 10.8 Å². The first-order valence-corrected chi connectivity index (χ1v) is 12.5. The Bertz CT molecular complexity index is 1100. The molecule has 3 rings (SSSR count). The molecule has 2 amide bonds. The molecule has 0 spiro atoms. The van der Waals surface area contributed by atoms with Crippen LogP contribution in [0, 0.1) is 19.8 Å². The highest BCUT2D eigenvalue weighted by atomic mass is 32.2. The van der Waals surface area contributed by atoms with Gasteiger partial charge in [-0.15, -0.1) is 0 Å². The molecular weight excluding hydrogens is 426 g/mol. The highest BCUT2D eigenvalue weighted by Gasteiger charge is 2.29. The van der Waals surface area contributed by atoms with Crippen molar-refractivity contribution in [2.45, 2.75) is 44.9 Å². The van der Waals surface area contributed by atoms with Crippen LogP contribution in [0.4, 0.5) is 5.69 Å². The van der Waals surface area contributed by atoms with E-state index in [1.807, 2.05) is 20.8 Å². The van der Waals surface area contributed by atoms with Gasteiger partial charge >= 0.3 is 0 Å². The number of nitrogens with one attached hydrogen (secondary N) is 2. The number of hydrogen-bond acceptors (Lipinski definition) is 4. The van der Waals surface area contributed by atoms with Crippen molar-refractivity contribution in [2.75, 3.05) is 24.4 Å². The summed E-state index contributed by atoms with van der Waals surface area (Å²) in [7, 11) is -3.78. The molecule has 2 aromatic rings. The minimum Gasteiger partial charge on any atom is -0.356 e. The largest absolute Gasteiger partial charge is 0.356 e. The maximum atomic E-state index is 13.1. The van der Waals surface area contributed by atoms with Crippen molar-refractivity contribution < 1.29 is 18.0 Å². The van der Waals surface area contributed by atoms with E-state index in [4.69, 9.17) is 0 Å². The first-order chi connectivity index (χ1) is 15.2. The van der Waals surface area contributed by atoms with Gasteiger partial charge in [-0.2, -0.15) is 0 Å². The molecule has 8 heteroatoms. The third kappa shape index (κ3) is 5.68. The zero-order valence-electron chi connectivity index (χ0n) is 18.8. The van der Waals surface area contributed by atoms with E-state index in [-0.39, 0.29) is 22.6 Å². The van der Waals surface area contributed by atoms with Crippen LogP contribution in [-0.4, -0.2) is 44.8 Å². The second-order valence-electron chi connectivity index (χ2n) is 8.31. The molecule has 1 aliphatic rings. The van der Waals surface area contributed by atoms with Crippen molar-refractivity contribution in [2.24, 2.45) is 5.92 Å². The summed E-state index contributed by atoms with van der Waals surface area (Å²) in [4.78, 5) is 27.2. The zero-order chi connectivity index (χ0) is 23.3. The molecule has 7 nitrogen and oxygen atoms in total. The van der Waals surface area contributed by atoms with Crippen molar-refractivity contribution >= 4 is 27.5 Å². The lowest BCUT2D eigenvalue weighted by molar-refractivity contribution is -0.126. The van der Waals surface area contributed by atoms with Crippen LogP contribution >= 0.6 is 0 Å². The fraction of sp³-hybridized carbons (Fsp3) is 0.417. The summed E-state index contributed by atoms with van der Waals surface area (Å²) < 4.78 is 28.2. The molecule has 0 aromatic heterocycles. The minimum absolute atomic E-state index is 0.0146. The number of nitrogens with zero attached hydrogens (tertiary/aromatic N) is 1. The van der Waals surface area contributed by atoms with Crippen molar-refractivity contribution in [3.63, 3.8) is 0 Å². The average Bonchev–Trinajstić information content (AvgIpc) is 2.78. The van der Waals surface area contributed by atoms with Gasteiger partial charge in [-0.05, 0) is 74.6 Å². The summed E-state index contributed by atoms with van der Waals surface area (Å²) >= 11 is 0. The van der Waals surface area contributed by atoms with Crippen molar-refractivity contribution in [1.29, 1.82) is 0 Å². The molecule has 0 radical (unpaired) electrons. The van der Waals surface area contributed by atoms with E-state index in [1.54, 1.807) is 47.4 Å². The highest BCUT2D eigenvalue weighted by Crippen LogP contribution is 2.22. The van der Waals surface area contributed by atoms with Gasteiger partial charge in [0, 0.05) is 30.9 Å². The number of anilines is 1. The molecule has 1 heterocycles. The molecule has 0 unspecified atom stereocenters. The second kappa shape index (κ2) is 10.2. The van der Waals surface area contributed by atoms with E-state index in [9.17, 15) is 18.0 Å². The molecule has 2 N–H and O–H groups in total. The number of aryl methyl sites for hydroxylation is 2. The van der Waals surface area contributed by atoms with Crippen molar-refractivity contribution in [1.82, 2.24) is 10.2 Å². The number of hydrogen-bond donors (Lipinski definition) is 2. The van der Waals surface area contributed by atoms with Gasteiger partial charge in [-0.3, -0.25) is 14.3 Å². The Labute approximate surface area is 190 Å². The predicted molar refractivity (Wildman–Crippen MR) is 125 cm³/mol. The molecule has 2 aromatic carbocycles. The van der Waals surface area contributed by atoms with Crippen LogP contribution in [0.15, 0.2) is 47.4 Å². The third-order valence-corrected chi connectivity index (χ3v) is 7.16. The first-order valence-electron chi connectivity index (χ1n) is 11.0. The number of piperidine rings is 1. The lowest BCUT2D eigenvalue weighted by atomic mass is 9.96. The number of likely N-dealkylation sites (tertiary alicyclic amines) is 1. The Morgan fingerprint density at radius 1 is 1.09 bits per heavy atom. The first kappa shape index (κ1) is 23.8. The normalized spacial score (nSPS) is 16.5. The maximum Gasteiger partial charge on any atom is 0.261 e. The Hall–Kier alpha value is -2.87. The highest BCUT2D eigenvalue weighted by molar-refractivity contribution is 7.92. The Balaban J connectivity index is 1.73. The monoisotopic (exact) mass is 457 g/mol. The molecular formula is C24H31N3O4S. The lowest BCUT2D eigenvalue weighted by Crippen LogP contribution is -2.45. The Kier molecular flexibility index (Phi) is 7.56. The van der Waals surface area contributed by atoms with Gasteiger partial charge < -0.3 is 10.2 Å². The molecule has 0 bridgehead atoms. The molecule has 172 valence electrons. The fourth-order valence-corrected chi connectivity index (χ4v) is 4.90. The Morgan fingerprint density at radius 3 is 2.59 bits per heavy atom. The summed E-state index contributed by atoms with van der Waals surface area (Å²) in [5.74, 6) is -0.435. The van der Waals surface area contributed by atoms with Crippen LogP contribution in [0.25, 0.3) is 0 Å². The molecule has 0 aliphatic carbocycles. The van der Waals surface area contributed by atoms with Crippen LogP contribution in [0.2, 0.25) is 0 Å². The Morgan fingerprint density at radius 2 is 1.88 bits per heavy atom. The van der Waals surface area contributed by atoms with E-state index < -0.39 is 10.0 Å². The summed E-state index contributed by atoms with van der Waals surface area (Å²) in [6, 6.07) is 11.4. The van der Waals surface area contributed by atoms with Crippen LogP contribution < -0.4 is 10.0 Å². The van der Waals surface area contributed by atoms with Crippen molar-refractivity contribution in [3.05, 3.63) is 59.2 Å². The molecule has 0 saturated carbocycles. The van der Waals surface area contributed by atoms with Gasteiger partial charge in [0.15, 0.2) is 0 Å². The number of carbonyl (C=O) groups is 2. The van der Waals surface area contributed by atoms with Crippen LogP contribution in [0.5, 0.6) is 0 Å². The number of amides is 2.